The van der Waals surface area contributed by atoms with Gasteiger partial charge in [0.2, 0.25) is 11.8 Å². The molecule has 148 valence electrons. The van der Waals surface area contributed by atoms with Gasteiger partial charge in [0.15, 0.2) is 0 Å². The Morgan fingerprint density at radius 1 is 1.18 bits per heavy atom. The Hall–Kier alpha value is -2.69. The molecule has 2 amide bonds. The summed E-state index contributed by atoms with van der Waals surface area (Å²) in [5.74, 6) is -0.797. The summed E-state index contributed by atoms with van der Waals surface area (Å²) in [7, 11) is 0. The van der Waals surface area contributed by atoms with Crippen LogP contribution in [0.15, 0.2) is 48.5 Å². The van der Waals surface area contributed by atoms with Crippen molar-refractivity contribution in [2.24, 2.45) is 5.92 Å². The molecular weight excluding hydrogens is 355 g/mol. The zero-order chi connectivity index (χ0) is 20.3. The number of carbonyl (C=O) groups is 2. The molecule has 1 atom stereocenters. The van der Waals surface area contributed by atoms with E-state index in [2.05, 4.69) is 5.32 Å². The number of hydrogen-bond acceptors (Lipinski definition) is 2. The van der Waals surface area contributed by atoms with E-state index in [9.17, 15) is 14.0 Å². The molecule has 1 aliphatic heterocycles. The van der Waals surface area contributed by atoms with Crippen molar-refractivity contribution in [3.63, 3.8) is 0 Å². The van der Waals surface area contributed by atoms with Gasteiger partial charge < -0.3 is 10.2 Å². The summed E-state index contributed by atoms with van der Waals surface area (Å²) < 4.78 is 14.1. The second kappa shape index (κ2) is 8.13. The molecule has 1 heterocycles. The lowest BCUT2D eigenvalue weighted by Gasteiger charge is -2.26. The fraction of sp³-hybridized carbons (Fsp3) is 0.391. The quantitative estimate of drug-likeness (QED) is 0.830. The zero-order valence-electron chi connectivity index (χ0n) is 16.7. The summed E-state index contributed by atoms with van der Waals surface area (Å²) in [6.45, 7) is 7.07. The topological polar surface area (TPSA) is 49.4 Å². The summed E-state index contributed by atoms with van der Waals surface area (Å²) in [6.07, 6.45) is 0.220. The van der Waals surface area contributed by atoms with Crippen LogP contribution in [0.2, 0.25) is 0 Å². The average molecular weight is 382 g/mol. The van der Waals surface area contributed by atoms with Crippen LogP contribution in [0.3, 0.4) is 0 Å². The third-order valence-corrected chi connectivity index (χ3v) is 5.39. The van der Waals surface area contributed by atoms with Gasteiger partial charge in [-0.15, -0.1) is 0 Å². The third-order valence-electron chi connectivity index (χ3n) is 5.39. The third kappa shape index (κ3) is 4.58. The molecule has 1 unspecified atom stereocenters. The second-order valence-corrected chi connectivity index (χ2v) is 8.24. The van der Waals surface area contributed by atoms with Crippen LogP contribution in [0.25, 0.3) is 0 Å². The summed E-state index contributed by atoms with van der Waals surface area (Å²) in [5, 5.41) is 2.92. The number of halogens is 1. The minimum atomic E-state index is -0.537. The number of rotatable bonds is 6. The van der Waals surface area contributed by atoms with Crippen LogP contribution in [0, 0.1) is 18.7 Å². The van der Waals surface area contributed by atoms with E-state index < -0.39 is 5.41 Å². The zero-order valence-corrected chi connectivity index (χ0v) is 16.7. The minimum Gasteiger partial charge on any atom is -0.355 e. The van der Waals surface area contributed by atoms with E-state index in [1.807, 2.05) is 45.0 Å². The lowest BCUT2D eigenvalue weighted by molar-refractivity contribution is -0.129. The maximum absolute atomic E-state index is 14.1. The highest BCUT2D eigenvalue weighted by Crippen LogP contribution is 2.26. The number of carbonyl (C=O) groups excluding carboxylic acids is 2. The number of amides is 2. The molecule has 3 rings (SSSR count). The van der Waals surface area contributed by atoms with Crippen LogP contribution < -0.4 is 5.32 Å². The summed E-state index contributed by atoms with van der Waals surface area (Å²) in [6, 6.07) is 14.7. The Kier molecular flexibility index (Phi) is 5.82. The number of benzene rings is 2. The van der Waals surface area contributed by atoms with Crippen molar-refractivity contribution in [1.29, 1.82) is 0 Å². The van der Waals surface area contributed by atoms with Crippen molar-refractivity contribution in [2.75, 3.05) is 13.1 Å². The van der Waals surface area contributed by atoms with Crippen molar-refractivity contribution in [3.8, 4) is 0 Å². The van der Waals surface area contributed by atoms with Gasteiger partial charge in [-0.05, 0) is 24.1 Å². The lowest BCUT2D eigenvalue weighted by Crippen LogP contribution is -2.40. The number of nitrogens with zero attached hydrogens (tertiary/aromatic N) is 1. The van der Waals surface area contributed by atoms with Crippen molar-refractivity contribution < 1.29 is 14.0 Å². The van der Waals surface area contributed by atoms with Crippen molar-refractivity contribution in [3.05, 3.63) is 71.0 Å². The molecule has 4 nitrogen and oxygen atoms in total. The van der Waals surface area contributed by atoms with Gasteiger partial charge in [0.25, 0.3) is 0 Å². The van der Waals surface area contributed by atoms with Gasteiger partial charge in [-0.3, -0.25) is 9.59 Å². The van der Waals surface area contributed by atoms with Gasteiger partial charge in [0, 0.05) is 31.5 Å². The molecule has 0 bridgehead atoms. The molecule has 0 radical (unpaired) electrons. The minimum absolute atomic E-state index is 0.00547. The summed E-state index contributed by atoms with van der Waals surface area (Å²) in [5.41, 5.74) is 2.26. The monoisotopic (exact) mass is 382 g/mol. The van der Waals surface area contributed by atoms with E-state index in [1.165, 1.54) is 11.6 Å². The lowest BCUT2D eigenvalue weighted by atomic mass is 9.84. The van der Waals surface area contributed by atoms with Gasteiger partial charge in [-0.1, -0.05) is 61.9 Å². The molecule has 0 saturated carbocycles. The molecule has 1 aliphatic rings. The smallest absolute Gasteiger partial charge is 0.225 e. The molecule has 0 aliphatic carbocycles. The molecule has 0 aromatic heterocycles. The van der Waals surface area contributed by atoms with Gasteiger partial charge in [-0.25, -0.2) is 4.39 Å². The largest absolute Gasteiger partial charge is 0.355 e. The first kappa shape index (κ1) is 20.1. The first-order valence-corrected chi connectivity index (χ1v) is 9.62. The molecule has 1 fully saturated rings. The molecule has 2 aromatic rings. The number of likely N-dealkylation sites (tertiary alicyclic amines) is 1. The van der Waals surface area contributed by atoms with Crippen molar-refractivity contribution >= 4 is 11.8 Å². The van der Waals surface area contributed by atoms with Crippen molar-refractivity contribution in [2.45, 2.75) is 39.2 Å². The normalized spacial score (nSPS) is 17.1. The standard InChI is InChI=1S/C23H27FN2O2/c1-16-8-10-17(11-9-16)13-26-14-18(12-21(26)27)22(28)25-15-23(2,3)19-6-4-5-7-20(19)24/h4-11,18H,12-15H2,1-3H3,(H,25,28). The molecular formula is C23H27FN2O2. The maximum atomic E-state index is 14.1. The Bertz CT molecular complexity index is 861. The highest BCUT2D eigenvalue weighted by molar-refractivity contribution is 5.89. The highest BCUT2D eigenvalue weighted by Gasteiger charge is 2.35. The molecule has 5 heteroatoms. The van der Waals surface area contributed by atoms with Gasteiger partial charge >= 0.3 is 0 Å². The first-order valence-electron chi connectivity index (χ1n) is 9.62. The Balaban J connectivity index is 1.57. The molecule has 0 spiro atoms. The fourth-order valence-corrected chi connectivity index (χ4v) is 3.57. The Morgan fingerprint density at radius 3 is 2.54 bits per heavy atom. The van der Waals surface area contributed by atoms with E-state index >= 15 is 0 Å². The Morgan fingerprint density at radius 2 is 1.86 bits per heavy atom. The van der Waals surface area contributed by atoms with E-state index in [0.717, 1.165) is 5.56 Å². The second-order valence-electron chi connectivity index (χ2n) is 8.24. The van der Waals surface area contributed by atoms with Gasteiger partial charge in [0.05, 0.1) is 5.92 Å². The summed E-state index contributed by atoms with van der Waals surface area (Å²) in [4.78, 5) is 26.7. The predicted octanol–water partition coefficient (Wildman–Crippen LogP) is 3.58. The first-order chi connectivity index (χ1) is 13.3. The SMILES string of the molecule is Cc1ccc(CN2CC(C(=O)NCC(C)(C)c3ccccc3F)CC2=O)cc1. The maximum Gasteiger partial charge on any atom is 0.225 e. The molecule has 1 N–H and O–H groups in total. The van der Waals surface area contributed by atoms with E-state index in [4.69, 9.17) is 0 Å². The molecule has 28 heavy (non-hydrogen) atoms. The predicted molar refractivity (Wildman–Crippen MR) is 107 cm³/mol. The summed E-state index contributed by atoms with van der Waals surface area (Å²) >= 11 is 0. The fourth-order valence-electron chi connectivity index (χ4n) is 3.57. The number of aryl methyl sites for hydroxylation is 1. The molecule has 2 aromatic carbocycles. The van der Waals surface area contributed by atoms with Gasteiger partial charge in [0.1, 0.15) is 5.82 Å². The van der Waals surface area contributed by atoms with E-state index in [1.54, 1.807) is 23.1 Å². The van der Waals surface area contributed by atoms with E-state index in [0.29, 0.717) is 25.2 Å². The number of nitrogens with one attached hydrogen (secondary N) is 1. The van der Waals surface area contributed by atoms with Crippen LogP contribution in [-0.2, 0) is 21.5 Å². The van der Waals surface area contributed by atoms with E-state index in [-0.39, 0.29) is 30.0 Å². The van der Waals surface area contributed by atoms with Crippen LogP contribution in [0.5, 0.6) is 0 Å². The average Bonchev–Trinajstić information content (AvgIpc) is 3.02. The Labute approximate surface area is 165 Å². The van der Waals surface area contributed by atoms with Gasteiger partial charge in [-0.2, -0.15) is 0 Å². The van der Waals surface area contributed by atoms with Crippen molar-refractivity contribution in [1.82, 2.24) is 10.2 Å². The highest BCUT2D eigenvalue weighted by atomic mass is 19.1. The van der Waals surface area contributed by atoms with Crippen LogP contribution in [0.4, 0.5) is 4.39 Å². The van der Waals surface area contributed by atoms with Crippen LogP contribution in [-0.4, -0.2) is 29.8 Å². The number of hydrogen-bond donors (Lipinski definition) is 1. The van der Waals surface area contributed by atoms with Crippen LogP contribution in [0.1, 0.15) is 37.0 Å². The molecule has 1 saturated heterocycles. The van der Waals surface area contributed by atoms with Crippen LogP contribution >= 0.6 is 0 Å².